The fraction of sp³-hybridized carbons (Fsp3) is 0.409. The molecule has 2 aromatic rings. The highest BCUT2D eigenvalue weighted by atomic mass is 35.5. The van der Waals surface area contributed by atoms with Gasteiger partial charge >= 0.3 is 0 Å². The molecule has 0 radical (unpaired) electrons. The van der Waals surface area contributed by atoms with Crippen molar-refractivity contribution in [3.63, 3.8) is 0 Å². The lowest BCUT2D eigenvalue weighted by Gasteiger charge is -2.38. The Labute approximate surface area is 170 Å². The van der Waals surface area contributed by atoms with Gasteiger partial charge in [0.15, 0.2) is 0 Å². The van der Waals surface area contributed by atoms with E-state index in [0.717, 1.165) is 37.4 Å². The third kappa shape index (κ3) is 5.28. The van der Waals surface area contributed by atoms with Crippen molar-refractivity contribution in [3.8, 4) is 0 Å². The van der Waals surface area contributed by atoms with E-state index in [0.29, 0.717) is 11.6 Å². The molecule has 1 N–H and O–H groups in total. The quantitative estimate of drug-likeness (QED) is 0.655. The van der Waals surface area contributed by atoms with Crippen LogP contribution < -0.4 is 5.32 Å². The van der Waals surface area contributed by atoms with Gasteiger partial charge in [-0.25, -0.2) is 0 Å². The number of hydrogen-bond donors (Lipinski definition) is 1. The molecule has 3 nitrogen and oxygen atoms in total. The second kappa shape index (κ2) is 9.63. The van der Waals surface area contributed by atoms with E-state index in [4.69, 9.17) is 16.3 Å². The number of carbonyl (C=O) groups excluding carboxylic acids is 1. The van der Waals surface area contributed by atoms with Crippen molar-refractivity contribution >= 4 is 29.3 Å². The van der Waals surface area contributed by atoms with Gasteiger partial charge in [-0.05, 0) is 49.1 Å². The lowest BCUT2D eigenvalue weighted by Crippen LogP contribution is -2.46. The molecular weight excluding hydrogens is 378 g/mol. The predicted molar refractivity (Wildman–Crippen MR) is 113 cm³/mol. The van der Waals surface area contributed by atoms with Gasteiger partial charge in [0.1, 0.15) is 0 Å². The molecule has 5 heteroatoms. The zero-order valence-electron chi connectivity index (χ0n) is 15.6. The van der Waals surface area contributed by atoms with Gasteiger partial charge in [-0.1, -0.05) is 48.9 Å². The monoisotopic (exact) mass is 403 g/mol. The number of rotatable bonds is 7. The first kappa shape index (κ1) is 20.2. The molecule has 1 aliphatic rings. The summed E-state index contributed by atoms with van der Waals surface area (Å²) in [7, 11) is 0. The van der Waals surface area contributed by atoms with E-state index in [1.54, 1.807) is 11.8 Å². The fourth-order valence-electron chi connectivity index (χ4n) is 3.49. The molecule has 0 aromatic heterocycles. The molecule has 1 amide bonds. The molecule has 1 heterocycles. The van der Waals surface area contributed by atoms with Crippen LogP contribution in [0.25, 0.3) is 0 Å². The van der Waals surface area contributed by atoms with Crippen molar-refractivity contribution in [2.75, 3.05) is 19.8 Å². The molecule has 2 aromatic carbocycles. The number of thioether (sulfide) groups is 1. The predicted octanol–water partition coefficient (Wildman–Crippen LogP) is 5.08. The largest absolute Gasteiger partial charge is 0.381 e. The second-order valence-electron chi connectivity index (χ2n) is 6.95. The summed E-state index contributed by atoms with van der Waals surface area (Å²) in [5.41, 5.74) is 1.24. The molecule has 0 aliphatic carbocycles. The molecule has 3 rings (SSSR count). The first-order chi connectivity index (χ1) is 13.1. The van der Waals surface area contributed by atoms with Crippen LogP contribution in [-0.2, 0) is 14.9 Å². The minimum atomic E-state index is -0.112. The summed E-state index contributed by atoms with van der Waals surface area (Å²) in [6.07, 6.45) is 2.64. The number of carbonyl (C=O) groups is 1. The average Bonchev–Trinajstić information content (AvgIpc) is 2.73. The molecule has 0 bridgehead atoms. The van der Waals surface area contributed by atoms with E-state index in [1.165, 1.54) is 5.56 Å². The zero-order valence-corrected chi connectivity index (χ0v) is 17.2. The molecule has 1 atom stereocenters. The highest BCUT2D eigenvalue weighted by Gasteiger charge is 2.35. The van der Waals surface area contributed by atoms with Gasteiger partial charge in [0.05, 0.1) is 5.25 Å². The average molecular weight is 404 g/mol. The van der Waals surface area contributed by atoms with Crippen molar-refractivity contribution in [3.05, 3.63) is 65.2 Å². The number of benzene rings is 2. The smallest absolute Gasteiger partial charge is 0.233 e. The number of halogens is 1. The van der Waals surface area contributed by atoms with Crippen LogP contribution >= 0.6 is 23.4 Å². The van der Waals surface area contributed by atoms with Gasteiger partial charge in [-0.15, -0.1) is 11.8 Å². The SMILES string of the molecule is CCC(Sc1ccc(Cl)cc1)C(=O)NCC1(c2ccccc2)CCOCC1. The van der Waals surface area contributed by atoms with Gasteiger partial charge in [0.25, 0.3) is 0 Å². The van der Waals surface area contributed by atoms with Crippen LogP contribution in [0.3, 0.4) is 0 Å². The Bertz CT molecular complexity index is 730. The van der Waals surface area contributed by atoms with Crippen LogP contribution in [0.1, 0.15) is 31.7 Å². The Morgan fingerprint density at radius 3 is 2.44 bits per heavy atom. The molecule has 1 saturated heterocycles. The molecule has 27 heavy (non-hydrogen) atoms. The molecule has 1 fully saturated rings. The Morgan fingerprint density at radius 1 is 1.15 bits per heavy atom. The summed E-state index contributed by atoms with van der Waals surface area (Å²) in [6.45, 7) is 4.18. The van der Waals surface area contributed by atoms with Gasteiger partial charge < -0.3 is 10.1 Å². The van der Waals surface area contributed by atoms with Crippen LogP contribution in [0.4, 0.5) is 0 Å². The van der Waals surface area contributed by atoms with Crippen LogP contribution in [0.5, 0.6) is 0 Å². The molecule has 1 aliphatic heterocycles. The van der Waals surface area contributed by atoms with Crippen molar-refractivity contribution in [2.45, 2.75) is 41.7 Å². The van der Waals surface area contributed by atoms with Gasteiger partial charge in [-0.3, -0.25) is 4.79 Å². The lowest BCUT2D eigenvalue weighted by molar-refractivity contribution is -0.121. The molecule has 0 saturated carbocycles. The highest BCUT2D eigenvalue weighted by molar-refractivity contribution is 8.00. The Hall–Kier alpha value is -1.49. The zero-order chi connectivity index (χ0) is 19.1. The van der Waals surface area contributed by atoms with Crippen molar-refractivity contribution in [1.82, 2.24) is 5.32 Å². The molecular formula is C22H26ClNO2S. The van der Waals surface area contributed by atoms with E-state index < -0.39 is 0 Å². The maximum Gasteiger partial charge on any atom is 0.233 e. The Morgan fingerprint density at radius 2 is 1.81 bits per heavy atom. The lowest BCUT2D eigenvalue weighted by atomic mass is 9.74. The van der Waals surface area contributed by atoms with E-state index in [1.807, 2.05) is 30.3 Å². The minimum Gasteiger partial charge on any atom is -0.381 e. The highest BCUT2D eigenvalue weighted by Crippen LogP contribution is 2.34. The summed E-state index contributed by atoms with van der Waals surface area (Å²) in [5.74, 6) is 0.0965. The number of ether oxygens (including phenoxy) is 1. The first-order valence-electron chi connectivity index (χ1n) is 9.46. The normalized spacial score (nSPS) is 17.3. The van der Waals surface area contributed by atoms with E-state index in [-0.39, 0.29) is 16.6 Å². The number of amides is 1. The van der Waals surface area contributed by atoms with Crippen molar-refractivity contribution < 1.29 is 9.53 Å². The van der Waals surface area contributed by atoms with Gasteiger partial charge in [0, 0.05) is 35.1 Å². The molecule has 1 unspecified atom stereocenters. The van der Waals surface area contributed by atoms with Crippen LogP contribution in [0.2, 0.25) is 5.02 Å². The van der Waals surface area contributed by atoms with E-state index in [9.17, 15) is 4.79 Å². The Kier molecular flexibility index (Phi) is 7.22. The van der Waals surface area contributed by atoms with Crippen LogP contribution in [-0.4, -0.2) is 30.9 Å². The summed E-state index contributed by atoms with van der Waals surface area (Å²) >= 11 is 7.55. The fourth-order valence-corrected chi connectivity index (χ4v) is 4.60. The summed E-state index contributed by atoms with van der Waals surface area (Å²) < 4.78 is 5.58. The van der Waals surface area contributed by atoms with Crippen molar-refractivity contribution in [1.29, 1.82) is 0 Å². The summed E-state index contributed by atoms with van der Waals surface area (Å²) in [4.78, 5) is 13.9. The minimum absolute atomic E-state index is 0.0433. The number of hydrogen-bond acceptors (Lipinski definition) is 3. The number of nitrogens with one attached hydrogen (secondary N) is 1. The summed E-state index contributed by atoms with van der Waals surface area (Å²) in [6, 6.07) is 18.2. The van der Waals surface area contributed by atoms with Gasteiger partial charge in [0.2, 0.25) is 5.91 Å². The van der Waals surface area contributed by atoms with Gasteiger partial charge in [-0.2, -0.15) is 0 Å². The van der Waals surface area contributed by atoms with Crippen molar-refractivity contribution in [2.24, 2.45) is 0 Å². The third-order valence-electron chi connectivity index (χ3n) is 5.19. The van der Waals surface area contributed by atoms with Crippen LogP contribution in [0, 0.1) is 0 Å². The van der Waals surface area contributed by atoms with E-state index >= 15 is 0 Å². The molecule has 144 valence electrons. The van der Waals surface area contributed by atoms with E-state index in [2.05, 4.69) is 36.5 Å². The Balaban J connectivity index is 1.66. The third-order valence-corrected chi connectivity index (χ3v) is 6.82. The van der Waals surface area contributed by atoms with Crippen LogP contribution in [0.15, 0.2) is 59.5 Å². The summed E-state index contributed by atoms with van der Waals surface area (Å²) in [5, 5.41) is 3.83. The standard InChI is InChI=1S/C22H26ClNO2S/c1-2-20(27-19-10-8-18(23)9-11-19)21(25)24-16-22(12-14-26-15-13-22)17-6-4-3-5-7-17/h3-11,20H,2,12-16H2,1H3,(H,24,25). The topological polar surface area (TPSA) is 38.3 Å². The maximum atomic E-state index is 12.9. The first-order valence-corrected chi connectivity index (χ1v) is 10.7. The second-order valence-corrected chi connectivity index (χ2v) is 8.66. The maximum absolute atomic E-state index is 12.9. The molecule has 0 spiro atoms.